The van der Waals surface area contributed by atoms with Crippen LogP contribution < -0.4 is 5.32 Å². The third kappa shape index (κ3) is 2.55. The number of ether oxygens (including phenoxy) is 2. The topological polar surface area (TPSA) is 98.8 Å². The minimum atomic E-state index is -2.38. The predicted octanol–water partition coefficient (Wildman–Crippen LogP) is 1.37. The van der Waals surface area contributed by atoms with Crippen LogP contribution in [-0.2, 0) is 23.9 Å². The fourth-order valence-corrected chi connectivity index (χ4v) is 2.82. The zero-order valence-electron chi connectivity index (χ0n) is 13.8. The molecule has 0 amide bonds. The van der Waals surface area contributed by atoms with Gasteiger partial charge in [0.25, 0.3) is 5.41 Å². The lowest BCUT2D eigenvalue weighted by atomic mass is 9.69. The van der Waals surface area contributed by atoms with Crippen molar-refractivity contribution < 1.29 is 28.7 Å². The van der Waals surface area contributed by atoms with Gasteiger partial charge in [-0.3, -0.25) is 19.2 Å². The fraction of sp³-hybridized carbons (Fsp3) is 0.412. The number of fused-ring (bicyclic) bond motifs is 1. The van der Waals surface area contributed by atoms with Gasteiger partial charge in [0.15, 0.2) is 11.6 Å². The Bertz CT molecular complexity index is 678. The highest BCUT2D eigenvalue weighted by Crippen LogP contribution is 2.40. The molecule has 0 fully saturated rings. The van der Waals surface area contributed by atoms with Gasteiger partial charge in [0.2, 0.25) is 0 Å². The maximum Gasteiger partial charge on any atom is 0.334 e. The van der Waals surface area contributed by atoms with Gasteiger partial charge in [0, 0.05) is 11.3 Å². The third-order valence-electron chi connectivity index (χ3n) is 3.86. The molecule has 1 unspecified atom stereocenters. The first-order valence-electron chi connectivity index (χ1n) is 7.66. The van der Waals surface area contributed by atoms with Gasteiger partial charge in [-0.05, 0) is 32.9 Å². The van der Waals surface area contributed by atoms with Gasteiger partial charge in [-0.25, -0.2) is 0 Å². The van der Waals surface area contributed by atoms with E-state index in [4.69, 9.17) is 9.47 Å². The van der Waals surface area contributed by atoms with Crippen LogP contribution >= 0.6 is 0 Å². The second-order valence-electron chi connectivity index (χ2n) is 5.31. The molecule has 1 aromatic rings. The normalized spacial score (nSPS) is 18.1. The van der Waals surface area contributed by atoms with Crippen molar-refractivity contribution in [2.75, 3.05) is 18.5 Å². The second-order valence-corrected chi connectivity index (χ2v) is 5.31. The molecule has 1 heterocycles. The maximum atomic E-state index is 13.1. The Kier molecular flexibility index (Phi) is 5.02. The van der Waals surface area contributed by atoms with Crippen LogP contribution in [0.25, 0.3) is 0 Å². The average Bonchev–Trinajstić information content (AvgIpc) is 2.55. The van der Waals surface area contributed by atoms with Crippen molar-refractivity contribution in [3.63, 3.8) is 0 Å². The Labute approximate surface area is 139 Å². The number of hydrogen-bond donors (Lipinski definition) is 1. The van der Waals surface area contributed by atoms with Crippen molar-refractivity contribution in [2.24, 2.45) is 5.41 Å². The van der Waals surface area contributed by atoms with Gasteiger partial charge < -0.3 is 14.8 Å². The van der Waals surface area contributed by atoms with E-state index in [-0.39, 0.29) is 18.8 Å². The summed E-state index contributed by atoms with van der Waals surface area (Å²) in [7, 11) is 0. The molecular weight excluding hydrogens is 314 g/mol. The molecule has 2 rings (SSSR count). The molecule has 0 bridgehead atoms. The quantitative estimate of drug-likeness (QED) is 0.641. The summed E-state index contributed by atoms with van der Waals surface area (Å²) in [4.78, 5) is 50.5. The molecule has 0 saturated heterocycles. The van der Waals surface area contributed by atoms with Crippen molar-refractivity contribution in [3.05, 3.63) is 29.8 Å². The Morgan fingerprint density at radius 2 is 1.62 bits per heavy atom. The third-order valence-corrected chi connectivity index (χ3v) is 3.86. The number of rotatable bonds is 5. The van der Waals surface area contributed by atoms with Gasteiger partial charge in [-0.1, -0.05) is 12.1 Å². The minimum absolute atomic E-state index is 0.0421. The van der Waals surface area contributed by atoms with Crippen LogP contribution in [0.5, 0.6) is 0 Å². The summed E-state index contributed by atoms with van der Waals surface area (Å²) in [5.41, 5.74) is -1.87. The SMILES string of the molecule is CCOC(=O)C1(C(=O)OCC)C(=O)c2ccccc2NC1C(C)=O. The van der Waals surface area contributed by atoms with E-state index >= 15 is 0 Å². The van der Waals surface area contributed by atoms with E-state index in [0.717, 1.165) is 0 Å². The highest BCUT2D eigenvalue weighted by atomic mass is 16.6. The van der Waals surface area contributed by atoms with E-state index < -0.39 is 35.0 Å². The first-order valence-corrected chi connectivity index (χ1v) is 7.66. The first kappa shape index (κ1) is 17.7. The summed E-state index contributed by atoms with van der Waals surface area (Å²) in [6.07, 6.45) is 0. The van der Waals surface area contributed by atoms with E-state index in [0.29, 0.717) is 5.69 Å². The monoisotopic (exact) mass is 333 g/mol. The molecule has 1 aromatic carbocycles. The van der Waals surface area contributed by atoms with Gasteiger partial charge in [0.05, 0.1) is 13.2 Å². The molecular formula is C17H19NO6. The summed E-state index contributed by atoms with van der Waals surface area (Å²) >= 11 is 0. The number of carbonyl (C=O) groups is 4. The Balaban J connectivity index is 2.72. The summed E-state index contributed by atoms with van der Waals surface area (Å²) in [6, 6.07) is 4.97. The number of Topliss-reactive ketones (excluding diaryl/α,β-unsaturated/α-hetero) is 2. The predicted molar refractivity (Wildman–Crippen MR) is 84.6 cm³/mol. The van der Waals surface area contributed by atoms with E-state index in [9.17, 15) is 19.2 Å². The molecule has 1 atom stereocenters. The molecule has 0 aliphatic carbocycles. The lowest BCUT2D eigenvalue weighted by Gasteiger charge is -2.38. The molecule has 24 heavy (non-hydrogen) atoms. The molecule has 0 aromatic heterocycles. The lowest BCUT2D eigenvalue weighted by molar-refractivity contribution is -0.170. The highest BCUT2D eigenvalue weighted by molar-refractivity contribution is 6.31. The number of ketones is 2. The van der Waals surface area contributed by atoms with E-state index in [1.807, 2.05) is 0 Å². The average molecular weight is 333 g/mol. The standard InChI is InChI=1S/C17H19NO6/c1-4-23-15(21)17(16(22)24-5-2)13(10(3)19)18-12-9-7-6-8-11(12)14(17)20/h6-9,13,18H,4-5H2,1-3H3. The Morgan fingerprint density at radius 1 is 1.08 bits per heavy atom. The molecule has 0 saturated carbocycles. The highest BCUT2D eigenvalue weighted by Gasteiger charge is 2.65. The number of para-hydroxylation sites is 1. The molecule has 7 heteroatoms. The number of hydrogen-bond acceptors (Lipinski definition) is 7. The van der Waals surface area contributed by atoms with Crippen LogP contribution in [0, 0.1) is 5.41 Å². The molecule has 1 aliphatic heterocycles. The molecule has 0 radical (unpaired) electrons. The molecule has 1 aliphatic rings. The van der Waals surface area contributed by atoms with Crippen LogP contribution in [0.15, 0.2) is 24.3 Å². The van der Waals surface area contributed by atoms with Crippen LogP contribution in [0.3, 0.4) is 0 Å². The lowest BCUT2D eigenvalue weighted by Crippen LogP contribution is -2.63. The van der Waals surface area contributed by atoms with Crippen molar-refractivity contribution in [1.82, 2.24) is 0 Å². The molecule has 7 nitrogen and oxygen atoms in total. The van der Waals surface area contributed by atoms with Crippen LogP contribution in [0.1, 0.15) is 31.1 Å². The van der Waals surface area contributed by atoms with Gasteiger partial charge in [-0.15, -0.1) is 0 Å². The number of esters is 2. The van der Waals surface area contributed by atoms with Gasteiger partial charge in [-0.2, -0.15) is 0 Å². The van der Waals surface area contributed by atoms with E-state index in [1.165, 1.54) is 13.0 Å². The van der Waals surface area contributed by atoms with Crippen molar-refractivity contribution in [3.8, 4) is 0 Å². The number of carbonyl (C=O) groups excluding carboxylic acids is 4. The zero-order valence-corrected chi connectivity index (χ0v) is 13.8. The Hall–Kier alpha value is -2.70. The smallest absolute Gasteiger partial charge is 0.334 e. The Morgan fingerprint density at radius 3 is 2.12 bits per heavy atom. The largest absolute Gasteiger partial charge is 0.465 e. The summed E-state index contributed by atoms with van der Waals surface area (Å²) in [5, 5.41) is 2.82. The first-order chi connectivity index (χ1) is 11.4. The van der Waals surface area contributed by atoms with Crippen LogP contribution in [0.4, 0.5) is 5.69 Å². The van der Waals surface area contributed by atoms with Crippen molar-refractivity contribution in [2.45, 2.75) is 26.8 Å². The number of anilines is 1. The summed E-state index contributed by atoms with van der Waals surface area (Å²) < 4.78 is 9.93. The maximum absolute atomic E-state index is 13.1. The number of nitrogens with one attached hydrogen (secondary N) is 1. The molecule has 0 spiro atoms. The number of benzene rings is 1. The van der Waals surface area contributed by atoms with Crippen LogP contribution in [-0.4, -0.2) is 42.8 Å². The summed E-state index contributed by atoms with van der Waals surface area (Å²) in [5.74, 6) is -3.51. The van der Waals surface area contributed by atoms with Crippen molar-refractivity contribution >= 4 is 29.2 Å². The van der Waals surface area contributed by atoms with E-state index in [1.54, 1.807) is 32.0 Å². The fourth-order valence-electron chi connectivity index (χ4n) is 2.82. The zero-order chi connectivity index (χ0) is 17.9. The molecule has 128 valence electrons. The minimum Gasteiger partial charge on any atom is -0.465 e. The molecule has 1 N–H and O–H groups in total. The van der Waals surface area contributed by atoms with Gasteiger partial charge >= 0.3 is 11.9 Å². The van der Waals surface area contributed by atoms with E-state index in [2.05, 4.69) is 5.32 Å². The van der Waals surface area contributed by atoms with Crippen LogP contribution in [0.2, 0.25) is 0 Å². The second kappa shape index (κ2) is 6.82. The van der Waals surface area contributed by atoms with Crippen molar-refractivity contribution in [1.29, 1.82) is 0 Å². The van der Waals surface area contributed by atoms with Gasteiger partial charge in [0.1, 0.15) is 6.04 Å². The summed E-state index contributed by atoms with van der Waals surface area (Å²) in [6.45, 7) is 4.22.